The van der Waals surface area contributed by atoms with Crippen molar-refractivity contribution in [1.29, 1.82) is 0 Å². The van der Waals surface area contributed by atoms with Gasteiger partial charge in [-0.3, -0.25) is 0 Å². The summed E-state index contributed by atoms with van der Waals surface area (Å²) >= 11 is 0. The van der Waals surface area contributed by atoms with E-state index in [2.05, 4.69) is 10.6 Å². The minimum absolute atomic E-state index is 0.284. The predicted octanol–water partition coefficient (Wildman–Crippen LogP) is 3.14. The Hall–Kier alpha value is -1.50. The third-order valence-corrected chi connectivity index (χ3v) is 3.00. The van der Waals surface area contributed by atoms with Crippen LogP contribution in [0.1, 0.15) is 60.8 Å². The lowest BCUT2D eigenvalue weighted by Gasteiger charge is -2.24. The van der Waals surface area contributed by atoms with E-state index in [0.29, 0.717) is 13.1 Å². The Kier molecular flexibility index (Phi) is 10.5. The largest absolute Gasteiger partial charge is 0.444 e. The van der Waals surface area contributed by atoms with Gasteiger partial charge in [-0.15, -0.1) is 0 Å². The van der Waals surface area contributed by atoms with Crippen LogP contribution >= 0.6 is 0 Å². The summed E-state index contributed by atoms with van der Waals surface area (Å²) < 4.78 is 10.5. The molecule has 0 aromatic carbocycles. The predicted molar refractivity (Wildman–Crippen MR) is 99.8 cm³/mol. The monoisotopic (exact) mass is 359 g/mol. The number of carbonyl (C=O) groups excluding carboxylic acids is 2. The molecule has 2 amide bonds. The Balaban J connectivity index is 3.53. The van der Waals surface area contributed by atoms with Crippen molar-refractivity contribution in [1.82, 2.24) is 15.5 Å². The topological polar surface area (TPSA) is 79.9 Å². The van der Waals surface area contributed by atoms with E-state index in [4.69, 9.17) is 9.47 Å². The molecule has 0 atom stereocenters. The number of nitrogens with zero attached hydrogens (tertiary/aromatic N) is 1. The molecule has 148 valence electrons. The summed E-state index contributed by atoms with van der Waals surface area (Å²) in [6, 6.07) is 0. The summed E-state index contributed by atoms with van der Waals surface area (Å²) in [5, 5.41) is 6.05. The molecule has 0 saturated heterocycles. The van der Waals surface area contributed by atoms with E-state index in [1.54, 1.807) is 11.9 Å². The Bertz CT molecular complexity index is 400. The molecule has 0 rings (SSSR count). The van der Waals surface area contributed by atoms with E-state index < -0.39 is 11.2 Å². The Morgan fingerprint density at radius 3 is 1.96 bits per heavy atom. The van der Waals surface area contributed by atoms with Crippen LogP contribution < -0.4 is 10.6 Å². The van der Waals surface area contributed by atoms with Crippen LogP contribution in [0.25, 0.3) is 0 Å². The van der Waals surface area contributed by atoms with Crippen molar-refractivity contribution in [2.75, 3.05) is 33.2 Å². The fourth-order valence-electron chi connectivity index (χ4n) is 1.87. The molecule has 0 spiro atoms. The third-order valence-electron chi connectivity index (χ3n) is 3.00. The van der Waals surface area contributed by atoms with Crippen LogP contribution in [0, 0.1) is 0 Å². The van der Waals surface area contributed by atoms with E-state index in [9.17, 15) is 9.59 Å². The maximum Gasteiger partial charge on any atom is 0.410 e. The number of unbranched alkanes of at least 4 members (excludes halogenated alkanes) is 1. The lowest BCUT2D eigenvalue weighted by atomic mass is 10.2. The molecule has 0 saturated carbocycles. The molecule has 0 aromatic heterocycles. The number of rotatable bonds is 9. The normalized spacial score (nSPS) is 11.8. The maximum atomic E-state index is 11.8. The maximum absolute atomic E-state index is 11.8. The summed E-state index contributed by atoms with van der Waals surface area (Å²) in [6.07, 6.45) is 2.08. The fraction of sp³-hybridized carbons (Fsp3) is 0.889. The molecule has 0 radical (unpaired) electrons. The lowest BCUT2D eigenvalue weighted by Crippen LogP contribution is -2.35. The Labute approximate surface area is 152 Å². The highest BCUT2D eigenvalue weighted by Gasteiger charge is 2.19. The first-order valence-corrected chi connectivity index (χ1v) is 9.02. The summed E-state index contributed by atoms with van der Waals surface area (Å²) in [5.41, 5.74) is -0.922. The highest BCUT2D eigenvalue weighted by molar-refractivity contribution is 5.67. The van der Waals surface area contributed by atoms with Crippen LogP contribution in [-0.2, 0) is 9.47 Å². The Morgan fingerprint density at radius 1 is 0.840 bits per heavy atom. The zero-order chi connectivity index (χ0) is 19.5. The quantitative estimate of drug-likeness (QED) is 0.618. The lowest BCUT2D eigenvalue weighted by molar-refractivity contribution is 0.0296. The van der Waals surface area contributed by atoms with Crippen molar-refractivity contribution in [3.05, 3.63) is 0 Å². The first-order valence-electron chi connectivity index (χ1n) is 9.02. The van der Waals surface area contributed by atoms with Gasteiger partial charge in [0.25, 0.3) is 0 Å². The number of carbonyl (C=O) groups is 2. The van der Waals surface area contributed by atoms with Gasteiger partial charge in [-0.1, -0.05) is 0 Å². The van der Waals surface area contributed by atoms with Crippen molar-refractivity contribution >= 4 is 12.2 Å². The van der Waals surface area contributed by atoms with E-state index >= 15 is 0 Å². The van der Waals surface area contributed by atoms with Gasteiger partial charge in [0.15, 0.2) is 0 Å². The van der Waals surface area contributed by atoms with E-state index in [1.165, 1.54) is 0 Å². The molecule has 7 heteroatoms. The van der Waals surface area contributed by atoms with Gasteiger partial charge in [-0.25, -0.2) is 9.59 Å². The van der Waals surface area contributed by atoms with Crippen LogP contribution in [0.5, 0.6) is 0 Å². The van der Waals surface area contributed by atoms with Crippen molar-refractivity contribution in [2.24, 2.45) is 0 Å². The molecule has 2 N–H and O–H groups in total. The van der Waals surface area contributed by atoms with Gasteiger partial charge in [-0.05, 0) is 73.9 Å². The number of alkyl carbamates (subject to hydrolysis) is 1. The molecule has 25 heavy (non-hydrogen) atoms. The summed E-state index contributed by atoms with van der Waals surface area (Å²) in [7, 11) is 1.75. The van der Waals surface area contributed by atoms with Crippen LogP contribution in [0.15, 0.2) is 0 Å². The van der Waals surface area contributed by atoms with Gasteiger partial charge in [0.05, 0.1) is 0 Å². The highest BCUT2D eigenvalue weighted by Crippen LogP contribution is 2.09. The van der Waals surface area contributed by atoms with Crippen LogP contribution in [0.3, 0.4) is 0 Å². The smallest absolute Gasteiger partial charge is 0.410 e. The molecule has 0 fully saturated rings. The SMILES string of the molecule is CN(CCCCNCCCNC(=O)OC(C)(C)C)C(=O)OC(C)(C)C. The third kappa shape index (κ3) is 15.8. The second-order valence-electron chi connectivity index (χ2n) is 8.14. The molecule has 0 aromatic rings. The molecule has 0 unspecified atom stereocenters. The number of nitrogens with one attached hydrogen (secondary N) is 2. The number of amides is 2. The van der Waals surface area contributed by atoms with Gasteiger partial charge in [0.1, 0.15) is 11.2 Å². The number of hydrogen-bond donors (Lipinski definition) is 2. The molecule has 7 nitrogen and oxygen atoms in total. The molecular formula is C18H37N3O4. The van der Waals surface area contributed by atoms with Gasteiger partial charge < -0.3 is 25.0 Å². The van der Waals surface area contributed by atoms with Crippen molar-refractivity contribution in [3.63, 3.8) is 0 Å². The number of hydrogen-bond acceptors (Lipinski definition) is 5. The molecule has 0 bridgehead atoms. The summed E-state index contributed by atoms with van der Waals surface area (Å²) in [6.45, 7) is 14.1. The highest BCUT2D eigenvalue weighted by atomic mass is 16.6. The minimum atomic E-state index is -0.463. The second kappa shape index (κ2) is 11.2. The zero-order valence-corrected chi connectivity index (χ0v) is 17.0. The van der Waals surface area contributed by atoms with Gasteiger partial charge >= 0.3 is 12.2 Å². The molecule has 0 aliphatic rings. The van der Waals surface area contributed by atoms with Crippen molar-refractivity contribution < 1.29 is 19.1 Å². The fourth-order valence-corrected chi connectivity index (χ4v) is 1.87. The second-order valence-corrected chi connectivity index (χ2v) is 8.14. The van der Waals surface area contributed by atoms with Crippen LogP contribution in [0.2, 0.25) is 0 Å². The molecule has 0 heterocycles. The first kappa shape index (κ1) is 23.5. The standard InChI is InChI=1S/C18H37N3O4/c1-17(2,3)24-15(22)20-13-10-12-19-11-8-9-14-21(7)16(23)25-18(4,5)6/h19H,8-14H2,1-7H3,(H,20,22). The molecule has 0 aliphatic heterocycles. The zero-order valence-electron chi connectivity index (χ0n) is 17.0. The van der Waals surface area contributed by atoms with Crippen LogP contribution in [0.4, 0.5) is 9.59 Å². The van der Waals surface area contributed by atoms with Crippen molar-refractivity contribution in [3.8, 4) is 0 Å². The van der Waals surface area contributed by atoms with Crippen molar-refractivity contribution in [2.45, 2.75) is 72.0 Å². The van der Waals surface area contributed by atoms with Gasteiger partial charge in [0, 0.05) is 20.1 Å². The average Bonchev–Trinajstić information content (AvgIpc) is 2.41. The van der Waals surface area contributed by atoms with Crippen LogP contribution in [-0.4, -0.2) is 61.5 Å². The average molecular weight is 360 g/mol. The summed E-state index contributed by atoms with van der Waals surface area (Å²) in [5.74, 6) is 0. The molecule has 0 aliphatic carbocycles. The molecular weight excluding hydrogens is 322 g/mol. The van der Waals surface area contributed by atoms with E-state index in [1.807, 2.05) is 41.5 Å². The summed E-state index contributed by atoms with van der Waals surface area (Å²) in [4.78, 5) is 24.8. The first-order chi connectivity index (χ1) is 11.4. The minimum Gasteiger partial charge on any atom is -0.444 e. The van der Waals surface area contributed by atoms with Gasteiger partial charge in [0.2, 0.25) is 0 Å². The van der Waals surface area contributed by atoms with E-state index in [0.717, 1.165) is 32.4 Å². The number of ether oxygens (including phenoxy) is 2. The van der Waals surface area contributed by atoms with E-state index in [-0.39, 0.29) is 12.2 Å². The van der Waals surface area contributed by atoms with Gasteiger partial charge in [-0.2, -0.15) is 0 Å². The Morgan fingerprint density at radius 2 is 1.40 bits per heavy atom.